The first-order valence-electron chi connectivity index (χ1n) is 9.21. The predicted molar refractivity (Wildman–Crippen MR) is 105 cm³/mol. The van der Waals surface area contributed by atoms with Gasteiger partial charge in [-0.1, -0.05) is 6.07 Å². The van der Waals surface area contributed by atoms with Gasteiger partial charge in [-0.2, -0.15) is 0 Å². The van der Waals surface area contributed by atoms with E-state index in [1.807, 2.05) is 0 Å². The number of aliphatic carboxylic acids is 1. The van der Waals surface area contributed by atoms with E-state index in [9.17, 15) is 14.4 Å². The van der Waals surface area contributed by atoms with Crippen molar-refractivity contribution in [2.45, 2.75) is 12.8 Å². The van der Waals surface area contributed by atoms with Gasteiger partial charge in [0.05, 0.1) is 5.92 Å². The summed E-state index contributed by atoms with van der Waals surface area (Å²) in [5.41, 5.74) is 0.785. The van der Waals surface area contributed by atoms with Crippen molar-refractivity contribution in [2.75, 3.05) is 25.5 Å². The molecule has 2 aromatic rings. The number of likely N-dealkylation sites (tertiary alicyclic amines) is 1. The van der Waals surface area contributed by atoms with E-state index in [1.165, 1.54) is 19.3 Å². The van der Waals surface area contributed by atoms with Crippen molar-refractivity contribution in [1.29, 1.82) is 0 Å². The highest BCUT2D eigenvalue weighted by Gasteiger charge is 2.27. The van der Waals surface area contributed by atoms with Crippen molar-refractivity contribution >= 4 is 23.6 Å². The Morgan fingerprint density at radius 1 is 1.14 bits per heavy atom. The number of ether oxygens (including phenoxy) is 1. The van der Waals surface area contributed by atoms with E-state index in [2.05, 4.69) is 15.6 Å². The first-order valence-corrected chi connectivity index (χ1v) is 9.21. The summed E-state index contributed by atoms with van der Waals surface area (Å²) in [5, 5.41) is 14.4. The van der Waals surface area contributed by atoms with Crippen LogP contribution in [-0.4, -0.2) is 53.0 Å². The van der Waals surface area contributed by atoms with Gasteiger partial charge in [0.15, 0.2) is 0 Å². The standard InChI is InChI=1S/C20H22N4O5/c1-21-18(25)17-12-16(5-8-22-17)29-15-4-2-3-14(11-15)23-20(28)24-9-6-13(7-10-24)19(26)27/h2-5,8,11-13H,6-7,9-10H2,1H3,(H,21,25)(H,23,28)(H,26,27). The van der Waals surface area contributed by atoms with Crippen molar-refractivity contribution in [3.63, 3.8) is 0 Å². The molecule has 29 heavy (non-hydrogen) atoms. The summed E-state index contributed by atoms with van der Waals surface area (Å²) in [6.45, 7) is 0.802. The molecule has 152 valence electrons. The Hall–Kier alpha value is -3.62. The Kier molecular flexibility index (Phi) is 6.28. The van der Waals surface area contributed by atoms with Crippen LogP contribution in [0, 0.1) is 5.92 Å². The molecule has 3 amide bonds. The minimum absolute atomic E-state index is 0.235. The predicted octanol–water partition coefficient (Wildman–Crippen LogP) is 2.56. The monoisotopic (exact) mass is 398 g/mol. The van der Waals surface area contributed by atoms with Crippen LogP contribution in [0.25, 0.3) is 0 Å². The van der Waals surface area contributed by atoms with Crippen LogP contribution >= 0.6 is 0 Å². The third-order valence-electron chi connectivity index (χ3n) is 4.64. The van der Waals surface area contributed by atoms with Gasteiger partial charge >= 0.3 is 12.0 Å². The smallest absolute Gasteiger partial charge is 0.321 e. The Morgan fingerprint density at radius 3 is 2.55 bits per heavy atom. The first-order chi connectivity index (χ1) is 14.0. The number of urea groups is 1. The fraction of sp³-hybridized carbons (Fsp3) is 0.300. The molecule has 0 atom stereocenters. The maximum absolute atomic E-state index is 12.4. The number of amides is 3. The molecule has 1 aliphatic rings. The molecule has 0 unspecified atom stereocenters. The lowest BCUT2D eigenvalue weighted by molar-refractivity contribution is -0.143. The molecular weight excluding hydrogens is 376 g/mol. The van der Waals surface area contributed by atoms with Gasteiger partial charge < -0.3 is 25.4 Å². The minimum Gasteiger partial charge on any atom is -0.481 e. The molecule has 1 aromatic heterocycles. The number of carbonyl (C=O) groups excluding carboxylic acids is 2. The summed E-state index contributed by atoms with van der Waals surface area (Å²) in [4.78, 5) is 40.7. The molecular formula is C20H22N4O5. The average Bonchev–Trinajstić information content (AvgIpc) is 2.73. The lowest BCUT2D eigenvalue weighted by atomic mass is 9.97. The number of anilines is 1. The molecule has 0 aliphatic carbocycles. The summed E-state index contributed by atoms with van der Waals surface area (Å²) in [7, 11) is 1.52. The quantitative estimate of drug-likeness (QED) is 0.712. The maximum Gasteiger partial charge on any atom is 0.321 e. The number of benzene rings is 1. The minimum atomic E-state index is -0.814. The van der Waals surface area contributed by atoms with E-state index in [1.54, 1.807) is 35.2 Å². The zero-order chi connectivity index (χ0) is 20.8. The molecule has 3 rings (SSSR count). The molecule has 0 bridgehead atoms. The molecule has 0 radical (unpaired) electrons. The molecule has 0 spiro atoms. The Labute approximate surface area is 167 Å². The van der Waals surface area contributed by atoms with Gasteiger partial charge in [-0.25, -0.2) is 4.79 Å². The number of hydrogen-bond acceptors (Lipinski definition) is 5. The number of carbonyl (C=O) groups is 3. The summed E-state index contributed by atoms with van der Waals surface area (Å²) < 4.78 is 5.77. The third kappa shape index (κ3) is 5.22. The molecule has 9 heteroatoms. The van der Waals surface area contributed by atoms with Crippen LogP contribution in [0.5, 0.6) is 11.5 Å². The molecule has 2 heterocycles. The van der Waals surface area contributed by atoms with Crippen LogP contribution < -0.4 is 15.4 Å². The van der Waals surface area contributed by atoms with Gasteiger partial charge in [0.1, 0.15) is 17.2 Å². The second-order valence-corrected chi connectivity index (χ2v) is 6.62. The third-order valence-corrected chi connectivity index (χ3v) is 4.64. The molecule has 1 saturated heterocycles. The topological polar surface area (TPSA) is 121 Å². The van der Waals surface area contributed by atoms with Gasteiger partial charge in [-0.05, 0) is 31.0 Å². The van der Waals surface area contributed by atoms with Crippen LogP contribution in [0.3, 0.4) is 0 Å². The largest absolute Gasteiger partial charge is 0.481 e. The number of piperidine rings is 1. The van der Waals surface area contributed by atoms with Crippen LogP contribution in [0.2, 0.25) is 0 Å². The number of nitrogens with one attached hydrogen (secondary N) is 2. The van der Waals surface area contributed by atoms with E-state index in [0.29, 0.717) is 43.1 Å². The fourth-order valence-corrected chi connectivity index (χ4v) is 3.03. The number of aromatic nitrogens is 1. The van der Waals surface area contributed by atoms with E-state index in [-0.39, 0.29) is 17.6 Å². The normalized spacial score (nSPS) is 14.2. The number of pyridine rings is 1. The van der Waals surface area contributed by atoms with E-state index >= 15 is 0 Å². The molecule has 9 nitrogen and oxygen atoms in total. The van der Waals surface area contributed by atoms with Crippen LogP contribution in [0.1, 0.15) is 23.3 Å². The Balaban J connectivity index is 1.62. The summed E-state index contributed by atoms with van der Waals surface area (Å²) in [6.07, 6.45) is 2.37. The van der Waals surface area contributed by atoms with Gasteiger partial charge in [-0.3, -0.25) is 14.6 Å². The highest BCUT2D eigenvalue weighted by atomic mass is 16.5. The second-order valence-electron chi connectivity index (χ2n) is 6.62. The zero-order valence-electron chi connectivity index (χ0n) is 15.9. The van der Waals surface area contributed by atoms with Gasteiger partial charge in [-0.15, -0.1) is 0 Å². The fourth-order valence-electron chi connectivity index (χ4n) is 3.03. The van der Waals surface area contributed by atoms with E-state index < -0.39 is 11.9 Å². The van der Waals surface area contributed by atoms with Crippen molar-refractivity contribution in [3.05, 3.63) is 48.3 Å². The molecule has 1 aliphatic heterocycles. The first kappa shape index (κ1) is 20.1. The van der Waals surface area contributed by atoms with Crippen LogP contribution in [0.4, 0.5) is 10.5 Å². The summed E-state index contributed by atoms with van der Waals surface area (Å²) >= 11 is 0. The van der Waals surface area contributed by atoms with Crippen molar-refractivity contribution in [2.24, 2.45) is 5.92 Å². The van der Waals surface area contributed by atoms with Crippen LogP contribution in [0.15, 0.2) is 42.6 Å². The number of rotatable bonds is 5. The number of carboxylic acid groups (broad SMARTS) is 1. The van der Waals surface area contributed by atoms with E-state index in [0.717, 1.165) is 0 Å². The highest BCUT2D eigenvalue weighted by Crippen LogP contribution is 2.25. The molecule has 1 fully saturated rings. The van der Waals surface area contributed by atoms with Crippen molar-refractivity contribution in [1.82, 2.24) is 15.2 Å². The average molecular weight is 398 g/mol. The maximum atomic E-state index is 12.4. The van der Waals surface area contributed by atoms with Crippen molar-refractivity contribution < 1.29 is 24.2 Å². The number of carboxylic acids is 1. The summed E-state index contributed by atoms with van der Waals surface area (Å²) in [6, 6.07) is 9.74. The van der Waals surface area contributed by atoms with Gasteiger partial charge in [0.25, 0.3) is 5.91 Å². The van der Waals surface area contributed by atoms with Gasteiger partial charge in [0, 0.05) is 44.2 Å². The lowest BCUT2D eigenvalue weighted by Crippen LogP contribution is -2.42. The Bertz CT molecular complexity index is 909. The molecule has 1 aromatic carbocycles. The molecule has 0 saturated carbocycles. The van der Waals surface area contributed by atoms with Crippen molar-refractivity contribution in [3.8, 4) is 11.5 Å². The molecule has 3 N–H and O–H groups in total. The van der Waals surface area contributed by atoms with Crippen LogP contribution in [-0.2, 0) is 4.79 Å². The summed E-state index contributed by atoms with van der Waals surface area (Å²) in [5.74, 6) is -0.594. The number of hydrogen-bond donors (Lipinski definition) is 3. The second kappa shape index (κ2) is 9.05. The SMILES string of the molecule is CNC(=O)c1cc(Oc2cccc(NC(=O)N3CCC(C(=O)O)CC3)c2)ccn1. The zero-order valence-corrected chi connectivity index (χ0v) is 15.9. The number of nitrogens with zero attached hydrogens (tertiary/aromatic N) is 2. The lowest BCUT2D eigenvalue weighted by Gasteiger charge is -2.30. The van der Waals surface area contributed by atoms with Gasteiger partial charge in [0.2, 0.25) is 0 Å². The highest BCUT2D eigenvalue weighted by molar-refractivity contribution is 5.92. The van der Waals surface area contributed by atoms with E-state index in [4.69, 9.17) is 9.84 Å². The Morgan fingerprint density at radius 2 is 1.86 bits per heavy atom.